The number of aryl methyl sites for hydroxylation is 1. The van der Waals surface area contributed by atoms with Crippen molar-refractivity contribution in [2.24, 2.45) is 0 Å². The van der Waals surface area contributed by atoms with Crippen LogP contribution in [0.1, 0.15) is 17.7 Å². The zero-order valence-corrected chi connectivity index (χ0v) is 16.2. The van der Waals surface area contributed by atoms with Gasteiger partial charge < -0.3 is 10.6 Å². The molecular formula is C21H22N4O2S. The predicted octanol–water partition coefficient (Wildman–Crippen LogP) is 4.08. The fourth-order valence-electron chi connectivity index (χ4n) is 2.62. The number of hydrogen-bond donors (Lipinski definition) is 3. The van der Waals surface area contributed by atoms with Gasteiger partial charge in [-0.25, -0.2) is 9.78 Å². The van der Waals surface area contributed by atoms with E-state index in [9.17, 15) is 9.59 Å². The summed E-state index contributed by atoms with van der Waals surface area (Å²) in [6, 6.07) is 19.0. The van der Waals surface area contributed by atoms with Crippen LogP contribution in [0, 0.1) is 0 Å². The normalized spacial score (nSPS) is 10.3. The van der Waals surface area contributed by atoms with Crippen LogP contribution in [0.4, 0.5) is 15.6 Å². The minimum absolute atomic E-state index is 0.0707. The molecule has 0 aliphatic carbocycles. The van der Waals surface area contributed by atoms with E-state index in [1.165, 1.54) is 16.9 Å². The van der Waals surface area contributed by atoms with Crippen LogP contribution in [-0.4, -0.2) is 23.5 Å². The quantitative estimate of drug-likeness (QED) is 0.504. The highest BCUT2D eigenvalue weighted by molar-refractivity contribution is 7.14. The summed E-state index contributed by atoms with van der Waals surface area (Å²) in [4.78, 5) is 28.3. The van der Waals surface area contributed by atoms with E-state index >= 15 is 0 Å². The van der Waals surface area contributed by atoms with Gasteiger partial charge in [-0.3, -0.25) is 10.1 Å². The summed E-state index contributed by atoms with van der Waals surface area (Å²) >= 11 is 1.29. The van der Waals surface area contributed by atoms with Gasteiger partial charge in [0.1, 0.15) is 0 Å². The van der Waals surface area contributed by atoms with E-state index < -0.39 is 0 Å². The maximum Gasteiger partial charge on any atom is 0.325 e. The van der Waals surface area contributed by atoms with Crippen molar-refractivity contribution in [3.8, 4) is 0 Å². The van der Waals surface area contributed by atoms with E-state index in [4.69, 9.17) is 0 Å². The number of rotatable bonds is 8. The second kappa shape index (κ2) is 10.2. The number of nitrogens with one attached hydrogen (secondary N) is 3. The van der Waals surface area contributed by atoms with Crippen molar-refractivity contribution < 1.29 is 9.59 Å². The van der Waals surface area contributed by atoms with E-state index in [-0.39, 0.29) is 18.4 Å². The molecule has 0 fully saturated rings. The van der Waals surface area contributed by atoms with Crippen LogP contribution in [0.2, 0.25) is 0 Å². The molecule has 0 bridgehead atoms. The second-order valence-electron chi connectivity index (χ2n) is 6.21. The first kappa shape index (κ1) is 19.6. The van der Waals surface area contributed by atoms with Gasteiger partial charge in [-0.2, -0.15) is 0 Å². The Hall–Kier alpha value is -3.19. The first-order valence-corrected chi connectivity index (χ1v) is 9.95. The third-order valence-corrected chi connectivity index (χ3v) is 4.76. The molecule has 3 N–H and O–H groups in total. The van der Waals surface area contributed by atoms with Crippen molar-refractivity contribution >= 4 is 34.1 Å². The van der Waals surface area contributed by atoms with Gasteiger partial charge in [0.15, 0.2) is 5.13 Å². The third kappa shape index (κ3) is 6.51. The Morgan fingerprint density at radius 1 is 0.929 bits per heavy atom. The molecule has 1 aromatic heterocycles. The highest BCUT2D eigenvalue weighted by Crippen LogP contribution is 2.16. The van der Waals surface area contributed by atoms with Crippen molar-refractivity contribution in [1.82, 2.24) is 10.3 Å². The summed E-state index contributed by atoms with van der Waals surface area (Å²) in [5.74, 6) is -0.0707. The Labute approximate surface area is 168 Å². The number of carbonyl (C=O) groups is 2. The Balaban J connectivity index is 1.37. The summed E-state index contributed by atoms with van der Waals surface area (Å²) in [7, 11) is 0. The Bertz CT molecular complexity index is 897. The van der Waals surface area contributed by atoms with Crippen LogP contribution in [0.25, 0.3) is 0 Å². The lowest BCUT2D eigenvalue weighted by molar-refractivity contribution is -0.120. The van der Waals surface area contributed by atoms with Gasteiger partial charge in [0, 0.05) is 17.6 Å². The van der Waals surface area contributed by atoms with Crippen LogP contribution in [0.5, 0.6) is 0 Å². The lowest BCUT2D eigenvalue weighted by atomic mass is 10.1. The highest BCUT2D eigenvalue weighted by Gasteiger charge is 2.10. The molecule has 0 aliphatic heterocycles. The lowest BCUT2D eigenvalue weighted by Gasteiger charge is -2.05. The number of para-hydroxylation sites is 1. The van der Waals surface area contributed by atoms with E-state index in [1.54, 1.807) is 17.5 Å². The number of carbonyl (C=O) groups excluding carboxylic acids is 2. The van der Waals surface area contributed by atoms with Gasteiger partial charge >= 0.3 is 6.03 Å². The predicted molar refractivity (Wildman–Crippen MR) is 113 cm³/mol. The molecule has 2 aromatic carbocycles. The maximum absolute atomic E-state index is 12.1. The number of aromatic nitrogens is 1. The molecular weight excluding hydrogens is 372 g/mol. The van der Waals surface area contributed by atoms with Crippen LogP contribution >= 0.6 is 11.3 Å². The largest absolute Gasteiger partial charge is 0.356 e. The SMILES string of the molecule is O=C(Cc1csc(NC(=O)Nc2ccccc2)n1)NCCCc1ccccc1. The Morgan fingerprint density at radius 2 is 1.64 bits per heavy atom. The van der Waals surface area contributed by atoms with Gasteiger partial charge in [-0.1, -0.05) is 48.5 Å². The molecule has 0 radical (unpaired) electrons. The van der Waals surface area contributed by atoms with Crippen molar-refractivity contribution in [3.05, 3.63) is 77.3 Å². The first-order valence-electron chi connectivity index (χ1n) is 9.07. The van der Waals surface area contributed by atoms with Gasteiger partial charge in [0.05, 0.1) is 12.1 Å². The zero-order chi connectivity index (χ0) is 19.6. The molecule has 0 spiro atoms. The van der Waals surface area contributed by atoms with Crippen molar-refractivity contribution in [2.75, 3.05) is 17.2 Å². The minimum Gasteiger partial charge on any atom is -0.356 e. The molecule has 28 heavy (non-hydrogen) atoms. The van der Waals surface area contributed by atoms with Crippen LogP contribution in [-0.2, 0) is 17.6 Å². The highest BCUT2D eigenvalue weighted by atomic mass is 32.1. The molecule has 0 unspecified atom stereocenters. The minimum atomic E-state index is -0.363. The second-order valence-corrected chi connectivity index (χ2v) is 7.06. The Kier molecular flexibility index (Phi) is 7.14. The molecule has 144 valence electrons. The average molecular weight is 395 g/mol. The van der Waals surface area contributed by atoms with Crippen molar-refractivity contribution in [3.63, 3.8) is 0 Å². The van der Waals surface area contributed by atoms with E-state index in [0.29, 0.717) is 23.1 Å². The Morgan fingerprint density at radius 3 is 2.39 bits per heavy atom. The molecule has 0 saturated carbocycles. The van der Waals surface area contributed by atoms with E-state index in [1.807, 2.05) is 36.4 Å². The number of thiazole rings is 1. The molecule has 3 rings (SSSR count). The molecule has 0 aliphatic rings. The molecule has 6 nitrogen and oxygen atoms in total. The van der Waals surface area contributed by atoms with Gasteiger partial charge in [-0.05, 0) is 30.5 Å². The van der Waals surface area contributed by atoms with Crippen molar-refractivity contribution in [1.29, 1.82) is 0 Å². The lowest BCUT2D eigenvalue weighted by Crippen LogP contribution is -2.26. The van der Waals surface area contributed by atoms with Gasteiger partial charge in [0.2, 0.25) is 5.91 Å². The number of hydrogen-bond acceptors (Lipinski definition) is 4. The number of nitrogens with zero attached hydrogens (tertiary/aromatic N) is 1. The maximum atomic E-state index is 12.1. The molecule has 7 heteroatoms. The molecule has 1 heterocycles. The monoisotopic (exact) mass is 394 g/mol. The summed E-state index contributed by atoms with van der Waals surface area (Å²) in [5.41, 5.74) is 2.60. The van der Waals surface area contributed by atoms with Gasteiger partial charge in [-0.15, -0.1) is 11.3 Å². The number of benzene rings is 2. The standard InChI is InChI=1S/C21H22N4O2S/c26-19(22-13-7-10-16-8-3-1-4-9-16)14-18-15-28-21(24-18)25-20(27)23-17-11-5-2-6-12-17/h1-6,8-9,11-12,15H,7,10,13-14H2,(H,22,26)(H2,23,24,25,27). The molecule has 3 aromatic rings. The number of urea groups is 1. The van der Waals surface area contributed by atoms with Crippen LogP contribution in [0.15, 0.2) is 66.0 Å². The van der Waals surface area contributed by atoms with E-state index in [2.05, 4.69) is 33.1 Å². The topological polar surface area (TPSA) is 83.1 Å². The average Bonchev–Trinajstić information content (AvgIpc) is 3.13. The molecule has 3 amide bonds. The smallest absolute Gasteiger partial charge is 0.325 e. The van der Waals surface area contributed by atoms with Crippen LogP contribution < -0.4 is 16.0 Å². The zero-order valence-electron chi connectivity index (χ0n) is 15.4. The summed E-state index contributed by atoms with van der Waals surface area (Å²) < 4.78 is 0. The number of anilines is 2. The molecule has 0 saturated heterocycles. The fraction of sp³-hybridized carbons (Fsp3) is 0.190. The van der Waals surface area contributed by atoms with Gasteiger partial charge in [0.25, 0.3) is 0 Å². The first-order chi connectivity index (χ1) is 13.7. The number of amides is 3. The van der Waals surface area contributed by atoms with Crippen molar-refractivity contribution in [2.45, 2.75) is 19.3 Å². The third-order valence-electron chi connectivity index (χ3n) is 3.95. The summed E-state index contributed by atoms with van der Waals surface area (Å²) in [6.07, 6.45) is 2.02. The van der Waals surface area contributed by atoms with E-state index in [0.717, 1.165) is 12.8 Å². The fourth-order valence-corrected chi connectivity index (χ4v) is 3.32. The molecule has 0 atom stereocenters. The van der Waals surface area contributed by atoms with Crippen LogP contribution in [0.3, 0.4) is 0 Å². The summed E-state index contributed by atoms with van der Waals surface area (Å²) in [5, 5.41) is 10.6. The summed E-state index contributed by atoms with van der Waals surface area (Å²) in [6.45, 7) is 0.627.